The van der Waals surface area contributed by atoms with Gasteiger partial charge in [-0.2, -0.15) is 0 Å². The van der Waals surface area contributed by atoms with Crippen LogP contribution >= 0.6 is 0 Å². The van der Waals surface area contributed by atoms with Crippen LogP contribution in [-0.4, -0.2) is 0 Å². The second-order valence-corrected chi connectivity index (χ2v) is 12.9. The number of hydrogen-bond acceptors (Lipinski definition) is 0. The molecule has 0 saturated carbocycles. The summed E-state index contributed by atoms with van der Waals surface area (Å²) in [6, 6.07) is 63.2. The lowest BCUT2D eigenvalue weighted by Gasteiger charge is -2.37. The summed E-state index contributed by atoms with van der Waals surface area (Å²) < 4.78 is 44.8. The van der Waals surface area contributed by atoms with Crippen LogP contribution in [-0.2, 0) is 5.41 Å². The van der Waals surface area contributed by atoms with Crippen LogP contribution in [0.4, 0.5) is 13.2 Å². The van der Waals surface area contributed by atoms with Gasteiger partial charge < -0.3 is 0 Å². The van der Waals surface area contributed by atoms with Crippen molar-refractivity contribution >= 4 is 0 Å². The summed E-state index contributed by atoms with van der Waals surface area (Å²) in [5.41, 5.74) is 9.05. The van der Waals surface area contributed by atoms with Crippen molar-refractivity contribution in [2.45, 2.75) is 5.41 Å². The van der Waals surface area contributed by atoms with Gasteiger partial charge in [0.1, 0.15) is 17.5 Å². The third-order valence-corrected chi connectivity index (χ3v) is 9.93. The molecule has 0 aliphatic heterocycles. The first kappa shape index (κ1) is 32.7. The largest absolute Gasteiger partial charge is 0.206 e. The first-order valence-electron chi connectivity index (χ1n) is 17.2. The average Bonchev–Trinajstić information content (AvgIpc) is 3.20. The van der Waals surface area contributed by atoms with Gasteiger partial charge in [-0.3, -0.25) is 0 Å². The Morgan fingerprint density at radius 1 is 0.231 bits per heavy atom. The average molecular weight is 679 g/mol. The van der Waals surface area contributed by atoms with Crippen molar-refractivity contribution in [1.29, 1.82) is 0 Å². The Labute approximate surface area is 302 Å². The van der Waals surface area contributed by atoms with Gasteiger partial charge in [-0.15, -0.1) is 0 Å². The van der Waals surface area contributed by atoms with Gasteiger partial charge in [-0.1, -0.05) is 182 Å². The summed E-state index contributed by atoms with van der Waals surface area (Å²) in [6.07, 6.45) is 0. The first-order chi connectivity index (χ1) is 25.5. The zero-order chi connectivity index (χ0) is 35.5. The molecule has 0 unspecified atom stereocenters. The first-order valence-corrected chi connectivity index (χ1v) is 17.2. The van der Waals surface area contributed by atoms with Crippen LogP contribution in [0.3, 0.4) is 0 Å². The van der Waals surface area contributed by atoms with E-state index in [4.69, 9.17) is 0 Å². The number of hydrogen-bond donors (Lipinski definition) is 0. The molecule has 0 fully saturated rings. The van der Waals surface area contributed by atoms with Crippen LogP contribution in [0.1, 0.15) is 22.3 Å². The summed E-state index contributed by atoms with van der Waals surface area (Å²) in [6.45, 7) is 0. The summed E-state index contributed by atoms with van der Waals surface area (Å²) in [5, 5.41) is 0. The van der Waals surface area contributed by atoms with Crippen molar-refractivity contribution in [3.05, 3.63) is 240 Å². The molecule has 0 atom stereocenters. The highest BCUT2D eigenvalue weighted by molar-refractivity contribution is 5.72. The van der Waals surface area contributed by atoms with Crippen LogP contribution in [0, 0.1) is 17.5 Å². The molecule has 0 nitrogen and oxygen atoms in total. The molecule has 0 saturated heterocycles. The highest BCUT2D eigenvalue weighted by Gasteiger charge is 2.38. The fourth-order valence-electron chi connectivity index (χ4n) is 7.33. The predicted molar refractivity (Wildman–Crippen MR) is 206 cm³/mol. The molecule has 0 aliphatic rings. The SMILES string of the molecule is Fc1ccccc1-c1ccc(C(c2ccc(-c3ccccc3)cc2)(c2ccc(-c3ccccc3F)cc2)c2ccc(-c3ccccc3F)cc2)cc1. The van der Waals surface area contributed by atoms with Crippen LogP contribution < -0.4 is 0 Å². The van der Waals surface area contributed by atoms with E-state index in [9.17, 15) is 13.2 Å². The molecule has 0 radical (unpaired) electrons. The Bertz CT molecular complexity index is 2230. The maximum absolute atomic E-state index is 14.9. The van der Waals surface area contributed by atoms with Gasteiger partial charge in [0.05, 0.1) is 5.41 Å². The normalized spacial score (nSPS) is 11.4. The van der Waals surface area contributed by atoms with Crippen molar-refractivity contribution in [3.8, 4) is 44.5 Å². The molecule has 8 aromatic rings. The van der Waals surface area contributed by atoms with E-state index in [-0.39, 0.29) is 17.5 Å². The van der Waals surface area contributed by atoms with Crippen LogP contribution in [0.15, 0.2) is 200 Å². The summed E-state index contributed by atoms with van der Waals surface area (Å²) >= 11 is 0. The van der Waals surface area contributed by atoms with Gasteiger partial charge in [0.2, 0.25) is 0 Å². The smallest absolute Gasteiger partial charge is 0.131 e. The Morgan fingerprint density at radius 3 is 0.788 bits per heavy atom. The van der Waals surface area contributed by atoms with Crippen LogP contribution in [0.25, 0.3) is 44.5 Å². The van der Waals surface area contributed by atoms with Gasteiger partial charge in [0, 0.05) is 16.7 Å². The van der Waals surface area contributed by atoms with E-state index in [0.29, 0.717) is 16.7 Å². The van der Waals surface area contributed by atoms with Crippen molar-refractivity contribution in [2.24, 2.45) is 0 Å². The molecular weight excluding hydrogens is 646 g/mol. The van der Waals surface area contributed by atoms with Crippen molar-refractivity contribution in [3.63, 3.8) is 0 Å². The van der Waals surface area contributed by atoms with Gasteiger partial charge in [0.15, 0.2) is 0 Å². The lowest BCUT2D eigenvalue weighted by atomic mass is 9.64. The topological polar surface area (TPSA) is 0 Å². The third-order valence-electron chi connectivity index (χ3n) is 9.93. The van der Waals surface area contributed by atoms with E-state index >= 15 is 0 Å². The van der Waals surface area contributed by atoms with E-state index in [0.717, 1.165) is 50.1 Å². The zero-order valence-electron chi connectivity index (χ0n) is 28.2. The molecule has 250 valence electrons. The third kappa shape index (κ3) is 6.01. The molecule has 8 rings (SSSR count). The molecule has 0 amide bonds. The second-order valence-electron chi connectivity index (χ2n) is 12.9. The number of rotatable bonds is 8. The fraction of sp³-hybridized carbons (Fsp3) is 0.0204. The quantitative estimate of drug-likeness (QED) is 0.140. The minimum atomic E-state index is -0.871. The molecule has 8 aromatic carbocycles. The van der Waals surface area contributed by atoms with Gasteiger partial charge in [-0.05, 0) is 68.3 Å². The molecule has 0 heterocycles. The number of benzene rings is 8. The molecule has 0 aliphatic carbocycles. The maximum atomic E-state index is 14.9. The van der Waals surface area contributed by atoms with Crippen molar-refractivity contribution in [2.75, 3.05) is 0 Å². The van der Waals surface area contributed by atoms with E-state index in [2.05, 4.69) is 72.8 Å². The molecule has 0 spiro atoms. The molecule has 0 bridgehead atoms. The summed E-state index contributed by atoms with van der Waals surface area (Å²) in [5.74, 6) is -0.860. The fourth-order valence-corrected chi connectivity index (χ4v) is 7.33. The van der Waals surface area contributed by atoms with Crippen molar-refractivity contribution in [1.82, 2.24) is 0 Å². The zero-order valence-corrected chi connectivity index (χ0v) is 28.2. The highest BCUT2D eigenvalue weighted by atomic mass is 19.1. The summed E-state index contributed by atoms with van der Waals surface area (Å²) in [4.78, 5) is 0. The van der Waals surface area contributed by atoms with Gasteiger partial charge in [-0.25, -0.2) is 13.2 Å². The highest BCUT2D eigenvalue weighted by Crippen LogP contribution is 2.47. The Morgan fingerprint density at radius 2 is 0.481 bits per heavy atom. The molecular formula is C49H33F3. The monoisotopic (exact) mass is 678 g/mol. The minimum Gasteiger partial charge on any atom is -0.206 e. The van der Waals surface area contributed by atoms with Crippen LogP contribution in [0.2, 0.25) is 0 Å². The number of halogens is 3. The van der Waals surface area contributed by atoms with Crippen molar-refractivity contribution < 1.29 is 13.2 Å². The Kier molecular flexibility index (Phi) is 8.84. The van der Waals surface area contributed by atoms with E-state index in [1.165, 1.54) is 18.2 Å². The Balaban J connectivity index is 1.36. The summed E-state index contributed by atoms with van der Waals surface area (Å²) in [7, 11) is 0. The van der Waals surface area contributed by atoms with Crippen LogP contribution in [0.5, 0.6) is 0 Å². The van der Waals surface area contributed by atoms with Gasteiger partial charge >= 0.3 is 0 Å². The molecule has 52 heavy (non-hydrogen) atoms. The standard InChI is InChI=1S/C49H33F3/c50-46-15-7-4-12-43(46)36-20-28-40(29-21-36)49(39-26-18-35(19-27-39)34-10-2-1-3-11-34,41-30-22-37(23-31-41)44-13-5-8-16-47(44)51)42-32-24-38(25-33-42)45-14-6-9-17-48(45)52/h1-33H. The Hall–Kier alpha value is -6.45. The molecule has 0 aromatic heterocycles. The minimum absolute atomic E-state index is 0.287. The van der Waals surface area contributed by atoms with E-state index < -0.39 is 5.41 Å². The van der Waals surface area contributed by atoms with Gasteiger partial charge in [0.25, 0.3) is 0 Å². The maximum Gasteiger partial charge on any atom is 0.131 e. The predicted octanol–water partition coefficient (Wildman–Crippen LogP) is 13.2. The molecule has 3 heteroatoms. The van der Waals surface area contributed by atoms with E-state index in [1.807, 2.05) is 72.8 Å². The molecule has 0 N–H and O–H groups in total. The lowest BCUT2D eigenvalue weighted by molar-refractivity contribution is 0.631. The second kappa shape index (κ2) is 14.0. The lowest BCUT2D eigenvalue weighted by Crippen LogP contribution is -2.31. The van der Waals surface area contributed by atoms with E-state index in [1.54, 1.807) is 36.4 Å².